The molecule has 2 aromatic rings. The highest BCUT2D eigenvalue weighted by Gasteiger charge is 2.16. The predicted molar refractivity (Wildman–Crippen MR) is 100 cm³/mol. The van der Waals surface area contributed by atoms with Gasteiger partial charge in [-0.2, -0.15) is 0 Å². The van der Waals surface area contributed by atoms with Gasteiger partial charge in [-0.25, -0.2) is 0 Å². The lowest BCUT2D eigenvalue weighted by atomic mass is 10.2. The van der Waals surface area contributed by atoms with E-state index in [1.807, 2.05) is 35.0 Å². The summed E-state index contributed by atoms with van der Waals surface area (Å²) in [6.45, 7) is 0. The van der Waals surface area contributed by atoms with E-state index in [-0.39, 0.29) is 47.5 Å². The van der Waals surface area contributed by atoms with E-state index < -0.39 is 0 Å². The lowest BCUT2D eigenvalue weighted by molar-refractivity contribution is -0.124. The van der Waals surface area contributed by atoms with Crippen molar-refractivity contribution < 1.29 is 19.2 Å². The average molecular weight is 399 g/mol. The van der Waals surface area contributed by atoms with Gasteiger partial charge in [0.1, 0.15) is 11.6 Å². The van der Waals surface area contributed by atoms with Crippen LogP contribution < -0.4 is 0 Å². The van der Waals surface area contributed by atoms with Crippen LogP contribution >= 0.6 is 44.3 Å². The molecule has 2 rings (SSSR count). The first kappa shape index (κ1) is 19.1. The third-order valence-electron chi connectivity index (χ3n) is 2.81. The number of carbonyl (C=O) groups is 4. The molecule has 0 radical (unpaired) electrons. The second kappa shape index (κ2) is 9.93. The molecule has 8 heteroatoms. The van der Waals surface area contributed by atoms with Gasteiger partial charge in [-0.05, 0) is 44.5 Å². The summed E-state index contributed by atoms with van der Waals surface area (Å²) in [5, 5.41) is 3.03. The molecule has 0 unspecified atom stereocenters. The fourth-order valence-electron chi connectivity index (χ4n) is 1.81. The number of ketones is 2. The van der Waals surface area contributed by atoms with Crippen molar-refractivity contribution in [1.29, 1.82) is 0 Å². The first-order valence-electron chi connectivity index (χ1n) is 7.01. The molecule has 0 spiro atoms. The van der Waals surface area contributed by atoms with Crippen LogP contribution in [0.3, 0.4) is 0 Å². The Balaban J connectivity index is 1.64. The molecule has 0 fully saturated rings. The van der Waals surface area contributed by atoms with Gasteiger partial charge in [-0.3, -0.25) is 19.2 Å². The minimum Gasteiger partial charge on any atom is -0.299 e. The molecule has 0 amide bonds. The summed E-state index contributed by atoms with van der Waals surface area (Å²) < 4.78 is 0. The monoisotopic (exact) mass is 398 g/mol. The Kier molecular flexibility index (Phi) is 7.90. The second-order valence-corrected chi connectivity index (χ2v) is 9.16. The van der Waals surface area contributed by atoms with Gasteiger partial charge in [0, 0.05) is 22.6 Å². The van der Waals surface area contributed by atoms with E-state index in [1.54, 1.807) is 0 Å². The fourth-order valence-corrected chi connectivity index (χ4v) is 4.82. The van der Waals surface area contributed by atoms with Crippen LogP contribution in [-0.2, 0) is 32.0 Å². The molecule has 24 heavy (non-hydrogen) atoms. The van der Waals surface area contributed by atoms with E-state index in [2.05, 4.69) is 0 Å². The van der Waals surface area contributed by atoms with Gasteiger partial charge >= 0.3 is 0 Å². The van der Waals surface area contributed by atoms with Gasteiger partial charge in [0.2, 0.25) is 10.2 Å². The number of Topliss-reactive ketones (excluding diaryl/α,β-unsaturated/α-hetero) is 2. The molecule has 0 aliphatic heterocycles. The molecule has 0 atom stereocenters. The Morgan fingerprint density at radius 1 is 0.750 bits per heavy atom. The zero-order valence-corrected chi connectivity index (χ0v) is 15.8. The van der Waals surface area contributed by atoms with E-state index in [9.17, 15) is 19.2 Å². The molecule has 0 N–H and O–H groups in total. The van der Waals surface area contributed by atoms with Crippen LogP contribution in [0, 0.1) is 0 Å². The van der Waals surface area contributed by atoms with Gasteiger partial charge in [-0.1, -0.05) is 12.1 Å². The van der Waals surface area contributed by atoms with Gasteiger partial charge in [0.05, 0.1) is 12.8 Å². The average Bonchev–Trinajstić information content (AvgIpc) is 3.18. The van der Waals surface area contributed by atoms with Crippen molar-refractivity contribution in [2.24, 2.45) is 0 Å². The summed E-state index contributed by atoms with van der Waals surface area (Å²) >= 11 is 2.94. The van der Waals surface area contributed by atoms with Crippen LogP contribution in [0.25, 0.3) is 0 Å². The Labute approximate surface area is 155 Å². The molecule has 0 saturated carbocycles. The highest BCUT2D eigenvalue weighted by molar-refractivity contribution is 8.87. The van der Waals surface area contributed by atoms with Crippen LogP contribution in [0.2, 0.25) is 0 Å². The van der Waals surface area contributed by atoms with Crippen molar-refractivity contribution in [3.05, 3.63) is 44.8 Å². The molecule has 4 nitrogen and oxygen atoms in total. The minimum absolute atomic E-state index is 0.170. The molecular formula is C16H14O4S4. The quantitative estimate of drug-likeness (QED) is 0.495. The summed E-state index contributed by atoms with van der Waals surface area (Å²) in [4.78, 5) is 48.8. The highest BCUT2D eigenvalue weighted by atomic mass is 33.1. The first-order chi connectivity index (χ1) is 11.5. The van der Waals surface area contributed by atoms with E-state index in [0.717, 1.165) is 31.3 Å². The van der Waals surface area contributed by atoms with Gasteiger partial charge in [0.15, 0.2) is 0 Å². The lowest BCUT2D eigenvalue weighted by Gasteiger charge is -2.00. The number of thiophene rings is 2. The Hall–Kier alpha value is -1.22. The molecule has 0 aromatic carbocycles. The van der Waals surface area contributed by atoms with Crippen LogP contribution in [0.5, 0.6) is 0 Å². The van der Waals surface area contributed by atoms with Crippen molar-refractivity contribution in [2.45, 2.75) is 25.7 Å². The fraction of sp³-hybridized carbons (Fsp3) is 0.250. The third kappa shape index (κ3) is 7.12. The molecule has 126 valence electrons. The van der Waals surface area contributed by atoms with Crippen molar-refractivity contribution in [2.75, 3.05) is 0 Å². The maximum absolute atomic E-state index is 11.7. The Morgan fingerprint density at radius 2 is 1.17 bits per heavy atom. The van der Waals surface area contributed by atoms with Gasteiger partial charge < -0.3 is 0 Å². The predicted octanol–water partition coefficient (Wildman–Crippen LogP) is 3.95. The summed E-state index contributed by atoms with van der Waals surface area (Å²) in [5.74, 6) is -0.339. The van der Waals surface area contributed by atoms with Gasteiger partial charge in [0.25, 0.3) is 0 Å². The lowest BCUT2D eigenvalue weighted by Crippen LogP contribution is -2.08. The zero-order chi connectivity index (χ0) is 17.4. The summed E-state index contributed by atoms with van der Waals surface area (Å²) in [6, 6.07) is 7.40. The minimum atomic E-state index is -0.361. The summed E-state index contributed by atoms with van der Waals surface area (Å²) in [5.41, 5.74) is 0. The van der Waals surface area contributed by atoms with Crippen molar-refractivity contribution in [3.63, 3.8) is 0 Å². The zero-order valence-electron chi connectivity index (χ0n) is 12.6. The van der Waals surface area contributed by atoms with E-state index in [1.165, 1.54) is 22.7 Å². The number of hydrogen-bond acceptors (Lipinski definition) is 8. The SMILES string of the molecule is O=C(CC(=O)SSC(=O)CC(=O)Cc1cccs1)Cc1cccs1. The standard InChI is InChI=1S/C16H14O4S4/c17-11(7-13-3-1-5-21-13)9-15(19)23-24-16(20)10-12(18)8-14-4-2-6-22-14/h1-6H,7-10H2. The van der Waals surface area contributed by atoms with Crippen LogP contribution in [0.1, 0.15) is 22.6 Å². The highest BCUT2D eigenvalue weighted by Crippen LogP contribution is 2.26. The molecule has 2 aromatic heterocycles. The van der Waals surface area contributed by atoms with Crippen molar-refractivity contribution in [3.8, 4) is 0 Å². The van der Waals surface area contributed by atoms with Crippen LogP contribution in [0.4, 0.5) is 0 Å². The van der Waals surface area contributed by atoms with Crippen LogP contribution in [-0.4, -0.2) is 21.8 Å². The third-order valence-corrected chi connectivity index (χ3v) is 6.68. The van der Waals surface area contributed by atoms with Gasteiger partial charge in [-0.15, -0.1) is 22.7 Å². The number of carbonyl (C=O) groups excluding carboxylic acids is 4. The molecule has 0 aliphatic carbocycles. The molecule has 2 heterocycles. The van der Waals surface area contributed by atoms with E-state index in [4.69, 9.17) is 0 Å². The normalized spacial score (nSPS) is 10.5. The topological polar surface area (TPSA) is 68.3 Å². The van der Waals surface area contributed by atoms with E-state index >= 15 is 0 Å². The molecule has 0 bridgehead atoms. The second-order valence-electron chi connectivity index (χ2n) is 4.85. The smallest absolute Gasteiger partial charge is 0.207 e. The van der Waals surface area contributed by atoms with Crippen LogP contribution in [0.15, 0.2) is 35.0 Å². The molecular weight excluding hydrogens is 384 g/mol. The number of hydrogen-bond donors (Lipinski definition) is 0. The largest absolute Gasteiger partial charge is 0.299 e. The molecule has 0 saturated heterocycles. The first-order valence-corrected chi connectivity index (χ1v) is 10.9. The van der Waals surface area contributed by atoms with E-state index in [0.29, 0.717) is 0 Å². The summed E-state index contributed by atoms with van der Waals surface area (Å²) in [6.07, 6.45) is 0.0712. The van der Waals surface area contributed by atoms with Crippen molar-refractivity contribution in [1.82, 2.24) is 0 Å². The maximum atomic E-state index is 11.7. The summed E-state index contributed by atoms with van der Waals surface area (Å²) in [7, 11) is 1.47. The Morgan fingerprint density at radius 3 is 1.50 bits per heavy atom. The maximum Gasteiger partial charge on any atom is 0.207 e. The Bertz CT molecular complexity index is 642. The van der Waals surface area contributed by atoms with Crippen molar-refractivity contribution >= 4 is 66.1 Å². The number of rotatable bonds is 8. The molecule has 0 aliphatic rings.